The Morgan fingerprint density at radius 1 is 1.06 bits per heavy atom. The highest BCUT2D eigenvalue weighted by atomic mass is 32.1. The number of thiazole rings is 1. The van der Waals surface area contributed by atoms with Gasteiger partial charge in [0.25, 0.3) is 0 Å². The number of hydrogen-bond acceptors (Lipinski definition) is 7. The van der Waals surface area contributed by atoms with Crippen LogP contribution in [0, 0.1) is 13.8 Å². The summed E-state index contributed by atoms with van der Waals surface area (Å²) in [6, 6.07) is 11.0. The summed E-state index contributed by atoms with van der Waals surface area (Å²) in [5, 5.41) is 17.1. The Hall–Kier alpha value is -2.84. The van der Waals surface area contributed by atoms with E-state index in [0.717, 1.165) is 65.5 Å². The van der Waals surface area contributed by atoms with Gasteiger partial charge in [-0.3, -0.25) is 9.58 Å². The minimum absolute atomic E-state index is 0.570. The lowest BCUT2D eigenvalue weighted by Crippen LogP contribution is -2.43. The van der Waals surface area contributed by atoms with Gasteiger partial charge < -0.3 is 4.90 Å². The minimum Gasteiger partial charge on any atom is -0.354 e. The van der Waals surface area contributed by atoms with Crippen molar-refractivity contribution in [1.29, 1.82) is 0 Å². The van der Waals surface area contributed by atoms with Gasteiger partial charge in [0.05, 0.1) is 16.4 Å². The van der Waals surface area contributed by atoms with Crippen molar-refractivity contribution in [2.45, 2.75) is 39.3 Å². The lowest BCUT2D eigenvalue weighted by molar-refractivity contribution is 0.201. The van der Waals surface area contributed by atoms with E-state index < -0.39 is 0 Å². The third-order valence-electron chi connectivity index (χ3n) is 6.51. The normalized spacial score (nSPS) is 15.2. The van der Waals surface area contributed by atoms with E-state index in [9.17, 15) is 0 Å². The number of aryl methyl sites for hydroxylation is 3. The topological polar surface area (TPSA) is 63.0 Å². The molecule has 8 heteroatoms. The number of anilines is 1. The summed E-state index contributed by atoms with van der Waals surface area (Å²) in [6.45, 7) is 7.15. The number of fused-ring (bicyclic) bond motifs is 1. The van der Waals surface area contributed by atoms with Crippen LogP contribution in [-0.4, -0.2) is 56.0 Å². The fourth-order valence-electron chi connectivity index (χ4n) is 4.71. The molecule has 0 aliphatic carbocycles. The molecule has 1 aromatic carbocycles. The molecule has 0 unspecified atom stereocenters. The number of piperidine rings is 1. The monoisotopic (exact) mass is 447 g/mol. The maximum atomic E-state index is 4.69. The van der Waals surface area contributed by atoms with Crippen molar-refractivity contribution < 1.29 is 0 Å². The fraction of sp³-hybridized carbons (Fsp3) is 0.417. The van der Waals surface area contributed by atoms with E-state index >= 15 is 0 Å². The van der Waals surface area contributed by atoms with Crippen LogP contribution in [0.3, 0.4) is 0 Å². The standard InChI is InChI=1S/C24H29N7S/c1-16-22(32-17(2)26-16)15-29(3)18-10-13-31(14-11-18)24-20-8-6-5-7-19(20)23(27-28-24)21-9-12-25-30(21)4/h5-9,12,18H,10-11,13-15H2,1-4H3. The molecule has 0 radical (unpaired) electrons. The van der Waals surface area contributed by atoms with Crippen LogP contribution in [0.25, 0.3) is 22.2 Å². The zero-order chi connectivity index (χ0) is 22.2. The number of hydrogen-bond donors (Lipinski definition) is 0. The summed E-state index contributed by atoms with van der Waals surface area (Å²) in [7, 11) is 4.18. The second-order valence-corrected chi connectivity index (χ2v) is 9.92. The Bertz CT molecular complexity index is 1240. The quantitative estimate of drug-likeness (QED) is 0.457. The summed E-state index contributed by atoms with van der Waals surface area (Å²) in [5.74, 6) is 0.988. The van der Waals surface area contributed by atoms with E-state index in [4.69, 9.17) is 5.10 Å². The summed E-state index contributed by atoms with van der Waals surface area (Å²) in [5.41, 5.74) is 3.04. The smallest absolute Gasteiger partial charge is 0.159 e. The highest BCUT2D eigenvalue weighted by Gasteiger charge is 2.26. The van der Waals surface area contributed by atoms with Crippen molar-refractivity contribution in [1.82, 2.24) is 29.9 Å². The Morgan fingerprint density at radius 3 is 2.47 bits per heavy atom. The summed E-state index contributed by atoms with van der Waals surface area (Å²) >= 11 is 1.82. The first kappa shape index (κ1) is 21.0. The molecule has 7 nitrogen and oxygen atoms in total. The highest BCUT2D eigenvalue weighted by Crippen LogP contribution is 2.33. The van der Waals surface area contributed by atoms with Gasteiger partial charge >= 0.3 is 0 Å². The van der Waals surface area contributed by atoms with Crippen LogP contribution in [0.4, 0.5) is 5.82 Å². The lowest BCUT2D eigenvalue weighted by atomic mass is 10.0. The zero-order valence-electron chi connectivity index (χ0n) is 19.1. The van der Waals surface area contributed by atoms with Gasteiger partial charge in [-0.25, -0.2) is 4.98 Å². The second kappa shape index (κ2) is 8.60. The number of aromatic nitrogens is 5. The van der Waals surface area contributed by atoms with E-state index in [1.807, 2.05) is 29.1 Å². The van der Waals surface area contributed by atoms with E-state index in [1.54, 1.807) is 6.20 Å². The minimum atomic E-state index is 0.570. The summed E-state index contributed by atoms with van der Waals surface area (Å²) < 4.78 is 1.85. The third kappa shape index (κ3) is 3.89. The van der Waals surface area contributed by atoms with Crippen molar-refractivity contribution >= 4 is 27.9 Å². The van der Waals surface area contributed by atoms with Gasteiger partial charge in [-0.15, -0.1) is 21.5 Å². The average Bonchev–Trinajstić information content (AvgIpc) is 3.37. The van der Waals surface area contributed by atoms with Crippen molar-refractivity contribution in [2.24, 2.45) is 7.05 Å². The van der Waals surface area contributed by atoms with Gasteiger partial charge in [0.1, 0.15) is 5.69 Å². The van der Waals surface area contributed by atoms with Gasteiger partial charge in [-0.1, -0.05) is 24.3 Å². The molecule has 0 amide bonds. The molecule has 5 rings (SSSR count). The van der Waals surface area contributed by atoms with E-state index in [1.165, 1.54) is 10.6 Å². The second-order valence-electron chi connectivity index (χ2n) is 8.63. The van der Waals surface area contributed by atoms with Gasteiger partial charge in [-0.05, 0) is 39.8 Å². The van der Waals surface area contributed by atoms with E-state index in [0.29, 0.717) is 6.04 Å². The molecular formula is C24H29N7S. The molecular weight excluding hydrogens is 418 g/mol. The van der Waals surface area contributed by atoms with Gasteiger partial charge in [0.15, 0.2) is 5.82 Å². The SMILES string of the molecule is Cc1nc(C)c(CN(C)C2CCN(c3nnc(-c4ccnn4C)c4ccccc34)CC2)s1. The molecule has 4 heterocycles. The third-order valence-corrected chi connectivity index (χ3v) is 7.57. The molecule has 1 aliphatic heterocycles. The predicted molar refractivity (Wildman–Crippen MR) is 130 cm³/mol. The molecule has 166 valence electrons. The van der Waals surface area contributed by atoms with Gasteiger partial charge in [0.2, 0.25) is 0 Å². The molecule has 32 heavy (non-hydrogen) atoms. The molecule has 1 fully saturated rings. The van der Waals surface area contributed by atoms with Crippen LogP contribution in [0.2, 0.25) is 0 Å². The highest BCUT2D eigenvalue weighted by molar-refractivity contribution is 7.11. The Labute approximate surface area is 192 Å². The molecule has 0 saturated carbocycles. The first-order valence-electron chi connectivity index (χ1n) is 11.1. The first-order chi connectivity index (χ1) is 15.5. The van der Waals surface area contributed by atoms with Crippen LogP contribution in [0.1, 0.15) is 28.4 Å². The van der Waals surface area contributed by atoms with Crippen LogP contribution in [-0.2, 0) is 13.6 Å². The van der Waals surface area contributed by atoms with Crippen LogP contribution in [0.5, 0.6) is 0 Å². The average molecular weight is 448 g/mol. The van der Waals surface area contributed by atoms with Crippen LogP contribution >= 0.6 is 11.3 Å². The predicted octanol–water partition coefficient (Wildman–Crippen LogP) is 4.20. The van der Waals surface area contributed by atoms with E-state index in [2.05, 4.69) is 70.1 Å². The Balaban J connectivity index is 1.34. The largest absolute Gasteiger partial charge is 0.354 e. The van der Waals surface area contributed by atoms with Crippen LogP contribution in [0.15, 0.2) is 36.5 Å². The zero-order valence-corrected chi connectivity index (χ0v) is 19.9. The molecule has 0 bridgehead atoms. The number of benzene rings is 1. The molecule has 1 saturated heterocycles. The molecule has 0 N–H and O–H groups in total. The molecule has 0 atom stereocenters. The van der Waals surface area contributed by atoms with Gasteiger partial charge in [-0.2, -0.15) is 5.10 Å². The molecule has 4 aromatic rings. The van der Waals surface area contributed by atoms with E-state index in [-0.39, 0.29) is 0 Å². The number of rotatable bonds is 5. The van der Waals surface area contributed by atoms with Crippen molar-refractivity contribution in [3.63, 3.8) is 0 Å². The molecule has 0 spiro atoms. The van der Waals surface area contributed by atoms with Crippen LogP contribution < -0.4 is 4.90 Å². The Kier molecular flexibility index (Phi) is 5.65. The van der Waals surface area contributed by atoms with Crippen molar-refractivity contribution in [3.8, 4) is 11.4 Å². The number of nitrogens with zero attached hydrogens (tertiary/aromatic N) is 7. The molecule has 1 aliphatic rings. The van der Waals surface area contributed by atoms with Crippen molar-refractivity contribution in [2.75, 3.05) is 25.0 Å². The van der Waals surface area contributed by atoms with Crippen molar-refractivity contribution in [3.05, 3.63) is 52.1 Å². The summed E-state index contributed by atoms with van der Waals surface area (Å²) in [4.78, 5) is 10.9. The Morgan fingerprint density at radius 2 is 1.81 bits per heavy atom. The maximum Gasteiger partial charge on any atom is 0.159 e. The maximum absolute atomic E-state index is 4.69. The van der Waals surface area contributed by atoms with Gasteiger partial charge in [0, 0.05) is 54.6 Å². The first-order valence-corrected chi connectivity index (χ1v) is 11.9. The molecule has 3 aromatic heterocycles. The summed E-state index contributed by atoms with van der Waals surface area (Å²) in [6.07, 6.45) is 4.04. The fourth-order valence-corrected chi connectivity index (χ4v) is 5.71. The lowest BCUT2D eigenvalue weighted by Gasteiger charge is -2.37.